The van der Waals surface area contributed by atoms with Crippen LogP contribution in [0.5, 0.6) is 5.75 Å². The lowest BCUT2D eigenvalue weighted by atomic mass is 10.2. The second-order valence-electron chi connectivity index (χ2n) is 6.98. The van der Waals surface area contributed by atoms with Crippen LogP contribution in [0.4, 0.5) is 23.0 Å². The second kappa shape index (κ2) is 9.00. The maximum Gasteiger partial charge on any atom is 0.256 e. The van der Waals surface area contributed by atoms with Crippen LogP contribution in [-0.4, -0.2) is 45.8 Å². The molecule has 1 amide bonds. The minimum Gasteiger partial charge on any atom is -0.508 e. The van der Waals surface area contributed by atoms with Gasteiger partial charge in [0.05, 0.1) is 0 Å². The molecule has 2 heterocycles. The zero-order valence-electron chi connectivity index (χ0n) is 16.4. The number of benzene rings is 2. The number of carbonyl (C=O) groups excluding carboxylic acids is 1. The van der Waals surface area contributed by atoms with E-state index >= 15 is 0 Å². The number of hydrogen-bond donors (Lipinski definition) is 5. The molecular formula is C21H24N6O2S. The third kappa shape index (κ3) is 4.62. The van der Waals surface area contributed by atoms with E-state index in [4.69, 9.17) is 5.73 Å². The molecule has 0 spiro atoms. The Balaban J connectivity index is 1.46. The Bertz CT molecular complexity index is 997. The van der Waals surface area contributed by atoms with Crippen LogP contribution in [0.25, 0.3) is 0 Å². The van der Waals surface area contributed by atoms with Crippen LogP contribution in [0.15, 0.2) is 48.5 Å². The van der Waals surface area contributed by atoms with Gasteiger partial charge in [0, 0.05) is 42.5 Å². The van der Waals surface area contributed by atoms with Crippen molar-refractivity contribution in [3.8, 4) is 5.75 Å². The molecule has 2 aromatic carbocycles. The summed E-state index contributed by atoms with van der Waals surface area (Å²) in [4.78, 5) is 14.4. The van der Waals surface area contributed by atoms with Crippen molar-refractivity contribution in [1.29, 1.82) is 0 Å². The number of primary amides is 1. The van der Waals surface area contributed by atoms with Crippen LogP contribution in [0, 0.1) is 0 Å². The fraction of sp³-hybridized carbons (Fsp3) is 0.238. The van der Waals surface area contributed by atoms with Crippen molar-refractivity contribution in [2.45, 2.75) is 6.54 Å². The largest absolute Gasteiger partial charge is 0.508 e. The lowest BCUT2D eigenvalue weighted by molar-refractivity contribution is 0.100. The minimum atomic E-state index is -0.582. The molecule has 0 bridgehead atoms. The van der Waals surface area contributed by atoms with E-state index in [1.165, 1.54) is 5.69 Å². The van der Waals surface area contributed by atoms with Gasteiger partial charge in [0.2, 0.25) is 0 Å². The molecule has 0 atom stereocenters. The number of aromatic amines is 1. The summed E-state index contributed by atoms with van der Waals surface area (Å²) in [5.41, 5.74) is 8.83. The summed E-state index contributed by atoms with van der Waals surface area (Å²) in [6, 6.07) is 14.9. The molecule has 1 aliphatic heterocycles. The quantitative estimate of drug-likeness (QED) is 0.395. The minimum absolute atomic E-state index is 0.204. The number of phenolic OH excluding ortho intramolecular Hbond substituents is 1. The van der Waals surface area contributed by atoms with E-state index in [0.29, 0.717) is 18.2 Å². The van der Waals surface area contributed by atoms with Gasteiger partial charge in [-0.3, -0.25) is 9.89 Å². The topological polar surface area (TPSA) is 119 Å². The molecule has 9 heteroatoms. The highest BCUT2D eigenvalue weighted by Gasteiger charge is 2.19. The summed E-state index contributed by atoms with van der Waals surface area (Å²) in [7, 11) is 0. The Morgan fingerprint density at radius 1 is 1.13 bits per heavy atom. The summed E-state index contributed by atoms with van der Waals surface area (Å²) < 4.78 is 0. The molecule has 0 aliphatic carbocycles. The fourth-order valence-corrected chi connectivity index (χ4v) is 4.22. The van der Waals surface area contributed by atoms with Crippen LogP contribution in [-0.2, 0) is 6.54 Å². The van der Waals surface area contributed by atoms with Gasteiger partial charge in [-0.1, -0.05) is 12.1 Å². The number of nitrogens with two attached hydrogens (primary N) is 1. The van der Waals surface area contributed by atoms with Crippen LogP contribution >= 0.6 is 11.8 Å². The number of aromatic nitrogens is 2. The monoisotopic (exact) mass is 424 g/mol. The molecule has 1 saturated heterocycles. The zero-order valence-corrected chi connectivity index (χ0v) is 17.2. The summed E-state index contributed by atoms with van der Waals surface area (Å²) in [5, 5.41) is 22.7. The molecule has 8 nitrogen and oxygen atoms in total. The first-order valence-electron chi connectivity index (χ1n) is 9.70. The van der Waals surface area contributed by atoms with Gasteiger partial charge >= 0.3 is 0 Å². The fourth-order valence-electron chi connectivity index (χ4n) is 3.32. The standard InChI is InChI=1S/C21H24N6O2S/c22-19(29)18-20(23-13-14-1-7-17(28)8-2-14)25-26-21(18)24-15-3-5-16(6-4-15)27-9-11-30-12-10-27/h1-8,28H,9-13H2,(H2,22,29)(H3,23,24,25,26). The highest BCUT2D eigenvalue weighted by molar-refractivity contribution is 7.99. The van der Waals surface area contributed by atoms with Gasteiger partial charge in [0.25, 0.3) is 5.91 Å². The normalized spacial score (nSPS) is 13.8. The predicted octanol–water partition coefficient (Wildman–Crippen LogP) is 3.12. The van der Waals surface area contributed by atoms with Crippen LogP contribution < -0.4 is 21.3 Å². The Labute approximate surface area is 178 Å². The van der Waals surface area contributed by atoms with Crippen molar-refractivity contribution < 1.29 is 9.90 Å². The Morgan fingerprint density at radius 3 is 2.50 bits per heavy atom. The molecule has 30 heavy (non-hydrogen) atoms. The molecule has 0 radical (unpaired) electrons. The molecule has 6 N–H and O–H groups in total. The lowest BCUT2D eigenvalue weighted by Crippen LogP contribution is -2.32. The SMILES string of the molecule is NC(=O)c1c(Nc2ccc(N3CCSCC3)cc2)n[nH]c1NCc1ccc(O)cc1. The highest BCUT2D eigenvalue weighted by atomic mass is 32.2. The van der Waals surface area contributed by atoms with Crippen molar-refractivity contribution in [3.05, 3.63) is 59.7 Å². The Morgan fingerprint density at radius 2 is 1.83 bits per heavy atom. The van der Waals surface area contributed by atoms with Gasteiger partial charge in [-0.15, -0.1) is 0 Å². The van der Waals surface area contributed by atoms with Crippen LogP contribution in [0.3, 0.4) is 0 Å². The lowest BCUT2D eigenvalue weighted by Gasteiger charge is -2.28. The van der Waals surface area contributed by atoms with Crippen molar-refractivity contribution in [1.82, 2.24) is 10.2 Å². The molecule has 0 unspecified atom stereocenters. The molecule has 1 aliphatic rings. The van der Waals surface area contributed by atoms with E-state index in [1.807, 2.05) is 23.9 Å². The Hall–Kier alpha value is -3.33. The number of nitrogens with one attached hydrogen (secondary N) is 3. The summed E-state index contributed by atoms with van der Waals surface area (Å²) in [5.74, 6) is 2.74. The number of H-pyrrole nitrogens is 1. The Kier molecular flexibility index (Phi) is 5.99. The van der Waals surface area contributed by atoms with Crippen molar-refractivity contribution in [2.75, 3.05) is 40.1 Å². The average molecular weight is 425 g/mol. The smallest absolute Gasteiger partial charge is 0.256 e. The van der Waals surface area contributed by atoms with Crippen molar-refractivity contribution >= 4 is 40.7 Å². The van der Waals surface area contributed by atoms with Gasteiger partial charge < -0.3 is 26.4 Å². The highest BCUT2D eigenvalue weighted by Crippen LogP contribution is 2.27. The number of amides is 1. The van der Waals surface area contributed by atoms with Gasteiger partial charge in [0.15, 0.2) is 5.82 Å². The molecule has 156 valence electrons. The predicted molar refractivity (Wildman–Crippen MR) is 122 cm³/mol. The third-order valence-corrected chi connectivity index (χ3v) is 5.87. The average Bonchev–Trinajstić information content (AvgIpc) is 3.17. The number of nitrogens with zero attached hydrogens (tertiary/aromatic N) is 2. The number of phenols is 1. The van der Waals surface area contributed by atoms with Gasteiger partial charge in [-0.25, -0.2) is 0 Å². The summed E-state index contributed by atoms with van der Waals surface area (Å²) >= 11 is 1.98. The molecule has 3 aromatic rings. The maximum atomic E-state index is 12.1. The number of rotatable bonds is 7. The van der Waals surface area contributed by atoms with E-state index < -0.39 is 5.91 Å². The van der Waals surface area contributed by atoms with Crippen molar-refractivity contribution in [2.24, 2.45) is 5.73 Å². The molecular weight excluding hydrogens is 400 g/mol. The maximum absolute atomic E-state index is 12.1. The third-order valence-electron chi connectivity index (χ3n) is 4.92. The summed E-state index contributed by atoms with van der Waals surface area (Å²) in [6.45, 7) is 2.56. The first-order valence-corrected chi connectivity index (χ1v) is 10.9. The van der Waals surface area contributed by atoms with Crippen molar-refractivity contribution in [3.63, 3.8) is 0 Å². The first kappa shape index (κ1) is 20.0. The van der Waals surface area contributed by atoms with E-state index in [-0.39, 0.29) is 11.3 Å². The van der Waals surface area contributed by atoms with Gasteiger partial charge in [-0.2, -0.15) is 16.9 Å². The van der Waals surface area contributed by atoms with Crippen LogP contribution in [0.2, 0.25) is 0 Å². The molecule has 1 fully saturated rings. The molecule has 1 aromatic heterocycles. The number of anilines is 4. The number of hydrogen-bond acceptors (Lipinski definition) is 7. The molecule has 4 rings (SSSR count). The van der Waals surface area contributed by atoms with E-state index in [1.54, 1.807) is 24.3 Å². The number of thioether (sulfide) groups is 1. The number of carbonyl (C=O) groups is 1. The number of aromatic hydroxyl groups is 1. The van der Waals surface area contributed by atoms with Gasteiger partial charge in [0.1, 0.15) is 17.1 Å². The van der Waals surface area contributed by atoms with E-state index in [2.05, 4.69) is 37.9 Å². The van der Waals surface area contributed by atoms with E-state index in [0.717, 1.165) is 35.8 Å². The zero-order chi connectivity index (χ0) is 20.9. The summed E-state index contributed by atoms with van der Waals surface area (Å²) in [6.07, 6.45) is 0. The first-order chi connectivity index (χ1) is 14.6. The molecule has 0 saturated carbocycles. The second-order valence-corrected chi connectivity index (χ2v) is 8.20. The van der Waals surface area contributed by atoms with Gasteiger partial charge in [-0.05, 0) is 42.0 Å². The van der Waals surface area contributed by atoms with E-state index in [9.17, 15) is 9.90 Å². The van der Waals surface area contributed by atoms with Crippen LogP contribution in [0.1, 0.15) is 15.9 Å².